The maximum absolute atomic E-state index is 11.5. The van der Waals surface area contributed by atoms with Gasteiger partial charge >= 0.3 is 0 Å². The molecule has 0 aromatic carbocycles. The molecule has 1 N–H and O–H groups in total. The Morgan fingerprint density at radius 2 is 2.00 bits per heavy atom. The zero-order valence-electron chi connectivity index (χ0n) is 9.21. The van der Waals surface area contributed by atoms with E-state index in [1.165, 1.54) is 19.3 Å². The summed E-state index contributed by atoms with van der Waals surface area (Å²) in [6.45, 7) is 4.72. The maximum Gasteiger partial charge on any atom is 0.246 e. The summed E-state index contributed by atoms with van der Waals surface area (Å²) in [6, 6.07) is 0. The second-order valence-corrected chi connectivity index (χ2v) is 4.51. The molecule has 1 saturated carbocycles. The number of amides is 1. The quantitative estimate of drug-likeness (QED) is 0.705. The van der Waals surface area contributed by atoms with Crippen LogP contribution < -0.4 is 5.48 Å². The van der Waals surface area contributed by atoms with Crippen molar-refractivity contribution >= 4 is 5.91 Å². The summed E-state index contributed by atoms with van der Waals surface area (Å²) in [4.78, 5) is 16.7. The van der Waals surface area contributed by atoms with E-state index < -0.39 is 0 Å². The largest absolute Gasteiger partial charge is 0.273 e. The van der Waals surface area contributed by atoms with Crippen LogP contribution >= 0.6 is 0 Å². The molecule has 0 aromatic heterocycles. The molecule has 14 heavy (non-hydrogen) atoms. The third-order valence-electron chi connectivity index (χ3n) is 2.57. The highest BCUT2D eigenvalue weighted by molar-refractivity contribution is 5.77. The number of hydroxylamine groups is 1. The molecule has 0 spiro atoms. The Bertz CT molecular complexity index is 174. The smallest absolute Gasteiger partial charge is 0.246 e. The van der Waals surface area contributed by atoms with Crippen LogP contribution in [0.5, 0.6) is 0 Å². The number of hydrogen-bond donors (Lipinski definition) is 1. The van der Waals surface area contributed by atoms with E-state index >= 15 is 0 Å². The summed E-state index contributed by atoms with van der Waals surface area (Å²) in [6.07, 6.45) is 5.69. The lowest BCUT2D eigenvalue weighted by molar-refractivity contribution is -0.139. The van der Waals surface area contributed by atoms with Crippen LogP contribution in [-0.2, 0) is 9.63 Å². The molecule has 1 amide bonds. The zero-order chi connectivity index (χ0) is 10.4. The molecule has 1 aliphatic rings. The SMILES string of the molecule is CC(C)CONC(=O)C1CCCCC1. The van der Waals surface area contributed by atoms with E-state index in [9.17, 15) is 4.79 Å². The number of carbonyl (C=O) groups excluding carboxylic acids is 1. The van der Waals surface area contributed by atoms with Gasteiger partial charge in [0.2, 0.25) is 5.91 Å². The first kappa shape index (κ1) is 11.5. The van der Waals surface area contributed by atoms with Crippen molar-refractivity contribution in [1.82, 2.24) is 5.48 Å². The van der Waals surface area contributed by atoms with Crippen molar-refractivity contribution in [3.63, 3.8) is 0 Å². The Kier molecular flexibility index (Phi) is 4.94. The van der Waals surface area contributed by atoms with Gasteiger partial charge in [-0.25, -0.2) is 5.48 Å². The van der Waals surface area contributed by atoms with Gasteiger partial charge in [-0.3, -0.25) is 9.63 Å². The van der Waals surface area contributed by atoms with Gasteiger partial charge in [0.15, 0.2) is 0 Å². The Morgan fingerprint density at radius 1 is 1.36 bits per heavy atom. The van der Waals surface area contributed by atoms with Crippen LogP contribution in [-0.4, -0.2) is 12.5 Å². The van der Waals surface area contributed by atoms with Gasteiger partial charge in [0.25, 0.3) is 0 Å². The van der Waals surface area contributed by atoms with Gasteiger partial charge < -0.3 is 0 Å². The Hall–Kier alpha value is -0.570. The molecule has 82 valence electrons. The van der Waals surface area contributed by atoms with Gasteiger partial charge in [0.1, 0.15) is 0 Å². The number of hydrogen-bond acceptors (Lipinski definition) is 2. The predicted octanol–water partition coefficient (Wildman–Crippen LogP) is 2.27. The molecule has 0 heterocycles. The lowest BCUT2D eigenvalue weighted by Gasteiger charge is -2.20. The molecule has 0 saturated heterocycles. The molecule has 3 nitrogen and oxygen atoms in total. The van der Waals surface area contributed by atoms with Gasteiger partial charge in [0, 0.05) is 5.92 Å². The summed E-state index contributed by atoms with van der Waals surface area (Å²) >= 11 is 0. The van der Waals surface area contributed by atoms with Gasteiger partial charge in [-0.1, -0.05) is 33.1 Å². The maximum atomic E-state index is 11.5. The Morgan fingerprint density at radius 3 is 2.57 bits per heavy atom. The molecule has 0 unspecified atom stereocenters. The molecule has 0 atom stereocenters. The van der Waals surface area contributed by atoms with Crippen LogP contribution in [0.15, 0.2) is 0 Å². The van der Waals surface area contributed by atoms with Gasteiger partial charge in [-0.2, -0.15) is 0 Å². The fourth-order valence-corrected chi connectivity index (χ4v) is 1.73. The van der Waals surface area contributed by atoms with Crippen LogP contribution in [0.3, 0.4) is 0 Å². The van der Waals surface area contributed by atoms with Crippen LogP contribution in [0.1, 0.15) is 46.0 Å². The fraction of sp³-hybridized carbons (Fsp3) is 0.909. The van der Waals surface area contributed by atoms with E-state index in [1.54, 1.807) is 0 Å². The van der Waals surface area contributed by atoms with Crippen molar-refractivity contribution in [2.45, 2.75) is 46.0 Å². The first-order chi connectivity index (χ1) is 6.70. The standard InChI is InChI=1S/C11H21NO2/c1-9(2)8-14-12-11(13)10-6-4-3-5-7-10/h9-10H,3-8H2,1-2H3,(H,12,13). The van der Waals surface area contributed by atoms with E-state index in [-0.39, 0.29) is 11.8 Å². The molecular weight excluding hydrogens is 178 g/mol. The van der Waals surface area contributed by atoms with E-state index in [2.05, 4.69) is 19.3 Å². The lowest BCUT2D eigenvalue weighted by Crippen LogP contribution is -2.32. The fourth-order valence-electron chi connectivity index (χ4n) is 1.73. The minimum Gasteiger partial charge on any atom is -0.273 e. The second kappa shape index (κ2) is 6.02. The van der Waals surface area contributed by atoms with Crippen molar-refractivity contribution in [3.05, 3.63) is 0 Å². The number of nitrogens with one attached hydrogen (secondary N) is 1. The highest BCUT2D eigenvalue weighted by Gasteiger charge is 2.20. The zero-order valence-corrected chi connectivity index (χ0v) is 9.21. The van der Waals surface area contributed by atoms with Crippen molar-refractivity contribution in [3.8, 4) is 0 Å². The Balaban J connectivity index is 2.13. The lowest BCUT2D eigenvalue weighted by atomic mass is 9.89. The van der Waals surface area contributed by atoms with Crippen LogP contribution in [0, 0.1) is 11.8 Å². The van der Waals surface area contributed by atoms with E-state index in [0.717, 1.165) is 12.8 Å². The molecule has 1 aliphatic carbocycles. The van der Waals surface area contributed by atoms with Crippen LogP contribution in [0.25, 0.3) is 0 Å². The molecule has 1 fully saturated rings. The summed E-state index contributed by atoms with van der Waals surface area (Å²) in [5.41, 5.74) is 2.54. The summed E-state index contributed by atoms with van der Waals surface area (Å²) in [7, 11) is 0. The first-order valence-corrected chi connectivity index (χ1v) is 5.62. The third kappa shape index (κ3) is 4.09. The van der Waals surface area contributed by atoms with E-state index in [0.29, 0.717) is 12.5 Å². The summed E-state index contributed by atoms with van der Waals surface area (Å²) in [5, 5.41) is 0. The molecule has 0 bridgehead atoms. The first-order valence-electron chi connectivity index (χ1n) is 5.62. The predicted molar refractivity (Wildman–Crippen MR) is 55.5 cm³/mol. The van der Waals surface area contributed by atoms with Gasteiger partial charge in [-0.15, -0.1) is 0 Å². The Labute approximate surface area is 86.2 Å². The summed E-state index contributed by atoms with van der Waals surface area (Å²) < 4.78 is 0. The highest BCUT2D eigenvalue weighted by atomic mass is 16.6. The molecule has 0 aliphatic heterocycles. The topological polar surface area (TPSA) is 38.3 Å². The van der Waals surface area contributed by atoms with Gasteiger partial charge in [0.05, 0.1) is 6.61 Å². The molecule has 3 heteroatoms. The van der Waals surface area contributed by atoms with Crippen LogP contribution in [0.2, 0.25) is 0 Å². The number of carbonyl (C=O) groups is 1. The molecule has 1 rings (SSSR count). The van der Waals surface area contributed by atoms with Crippen molar-refractivity contribution in [1.29, 1.82) is 0 Å². The summed E-state index contributed by atoms with van der Waals surface area (Å²) in [5.74, 6) is 0.725. The normalized spacial score (nSPS) is 18.5. The van der Waals surface area contributed by atoms with Gasteiger partial charge in [-0.05, 0) is 18.8 Å². The minimum absolute atomic E-state index is 0.0744. The molecular formula is C11H21NO2. The molecule has 0 aromatic rings. The van der Waals surface area contributed by atoms with Crippen molar-refractivity contribution < 1.29 is 9.63 Å². The van der Waals surface area contributed by atoms with Crippen molar-refractivity contribution in [2.24, 2.45) is 11.8 Å². The average molecular weight is 199 g/mol. The van der Waals surface area contributed by atoms with E-state index in [1.807, 2.05) is 0 Å². The molecule has 0 radical (unpaired) electrons. The third-order valence-corrected chi connectivity index (χ3v) is 2.57. The van der Waals surface area contributed by atoms with Crippen LogP contribution in [0.4, 0.5) is 0 Å². The highest BCUT2D eigenvalue weighted by Crippen LogP contribution is 2.23. The number of rotatable bonds is 4. The average Bonchev–Trinajstić information content (AvgIpc) is 2.18. The van der Waals surface area contributed by atoms with E-state index in [4.69, 9.17) is 4.84 Å². The minimum atomic E-state index is 0.0744. The van der Waals surface area contributed by atoms with Crippen molar-refractivity contribution in [2.75, 3.05) is 6.61 Å². The monoisotopic (exact) mass is 199 g/mol. The second-order valence-electron chi connectivity index (χ2n) is 4.51.